The Balaban J connectivity index is 0.000000468. The van der Waals surface area contributed by atoms with Gasteiger partial charge in [0, 0.05) is 19.5 Å². The second-order valence-electron chi connectivity index (χ2n) is 11.3. The average Bonchev–Trinajstić information content (AvgIpc) is 3.62. The van der Waals surface area contributed by atoms with Gasteiger partial charge >= 0.3 is 0 Å². The maximum absolute atomic E-state index is 11.7. The Hall–Kier alpha value is -2.06. The number of benzene rings is 1. The van der Waals surface area contributed by atoms with Gasteiger partial charge in [0.15, 0.2) is 0 Å². The summed E-state index contributed by atoms with van der Waals surface area (Å²) in [6.07, 6.45) is 6.72. The van der Waals surface area contributed by atoms with Crippen molar-refractivity contribution < 1.29 is 18.3 Å². The first-order valence-electron chi connectivity index (χ1n) is 13.8. The van der Waals surface area contributed by atoms with Gasteiger partial charge in [-0.25, -0.2) is 8.78 Å². The van der Waals surface area contributed by atoms with Crippen LogP contribution in [0.2, 0.25) is 0 Å². The van der Waals surface area contributed by atoms with Crippen molar-refractivity contribution in [1.82, 2.24) is 15.1 Å². The van der Waals surface area contributed by atoms with Gasteiger partial charge in [-0.3, -0.25) is 15.2 Å². The quantitative estimate of drug-likeness (QED) is 0.275. The second-order valence-corrected chi connectivity index (χ2v) is 11.3. The Morgan fingerprint density at radius 2 is 1.86 bits per heavy atom. The number of carbonyl (C=O) groups excluding carboxylic acids is 1. The number of alkyl halides is 2. The summed E-state index contributed by atoms with van der Waals surface area (Å²) in [6.45, 7) is 9.53. The molecule has 0 spiro atoms. The molecule has 8 heteroatoms. The minimum Gasteiger partial charge on any atom is -0.494 e. The minimum absolute atomic E-state index is 0.0625. The molecule has 1 aliphatic carbocycles. The highest BCUT2D eigenvalue weighted by molar-refractivity contribution is 5.80. The highest BCUT2D eigenvalue weighted by atomic mass is 19.3. The molecule has 0 radical (unpaired) electrons. The first-order valence-corrected chi connectivity index (χ1v) is 13.8. The fourth-order valence-electron chi connectivity index (χ4n) is 5.55. The molecular weight excluding hydrogens is 474 g/mol. The van der Waals surface area contributed by atoms with Crippen LogP contribution in [0.15, 0.2) is 29.3 Å². The summed E-state index contributed by atoms with van der Waals surface area (Å²) in [5.74, 6) is 2.81. The standard InChI is InChI=1S/C25H39N3O2.C4H7F2N/c1-18(2)25(26-4)27-19(3)28-13-9-21(10-14-28)24-17-22(24)12-16-30-23-7-5-20(6-8-23)11-15-29;1-7-2-4(5,6)3-7/h5-8,15,18,21-22,24-26H,9-14,16-17H2,1-4H3;2-3H2,1H3/b27-19+;/t22-,24-,25?;/m1./s1. The number of rotatable bonds is 10. The number of nitrogens with zero attached hydrogens (tertiary/aromatic N) is 3. The van der Waals surface area contributed by atoms with Crippen LogP contribution < -0.4 is 10.1 Å². The van der Waals surface area contributed by atoms with E-state index in [-0.39, 0.29) is 19.3 Å². The molecule has 2 aliphatic heterocycles. The van der Waals surface area contributed by atoms with Crippen LogP contribution in [0.25, 0.3) is 0 Å². The third-order valence-corrected chi connectivity index (χ3v) is 7.84. The zero-order valence-electron chi connectivity index (χ0n) is 23.3. The normalized spacial score (nSPS) is 24.6. The number of ether oxygens (including phenoxy) is 1. The molecule has 208 valence electrons. The molecule has 2 heterocycles. The highest BCUT2D eigenvalue weighted by Crippen LogP contribution is 2.49. The monoisotopic (exact) mass is 520 g/mol. The topological polar surface area (TPSA) is 57.2 Å². The number of hydrogen-bond acceptors (Lipinski definition) is 5. The molecule has 6 nitrogen and oxygen atoms in total. The number of carbonyl (C=O) groups is 1. The van der Waals surface area contributed by atoms with Crippen molar-refractivity contribution >= 4 is 12.1 Å². The van der Waals surface area contributed by atoms with Gasteiger partial charge in [-0.15, -0.1) is 0 Å². The molecule has 0 bridgehead atoms. The largest absolute Gasteiger partial charge is 0.494 e. The van der Waals surface area contributed by atoms with Crippen LogP contribution in [0, 0.1) is 23.7 Å². The van der Waals surface area contributed by atoms with Crippen LogP contribution in [0.1, 0.15) is 52.0 Å². The Labute approximate surface area is 221 Å². The van der Waals surface area contributed by atoms with Crippen molar-refractivity contribution in [2.24, 2.45) is 28.7 Å². The Morgan fingerprint density at radius 1 is 1.22 bits per heavy atom. The van der Waals surface area contributed by atoms with Gasteiger partial charge in [0.1, 0.15) is 18.2 Å². The van der Waals surface area contributed by atoms with Crippen molar-refractivity contribution in [3.63, 3.8) is 0 Å². The fourth-order valence-corrected chi connectivity index (χ4v) is 5.55. The van der Waals surface area contributed by atoms with Gasteiger partial charge < -0.3 is 14.4 Å². The average molecular weight is 521 g/mol. The molecule has 1 aromatic carbocycles. The molecule has 37 heavy (non-hydrogen) atoms. The molecular formula is C29H46F2N4O2. The number of aliphatic imine (C=N–C) groups is 1. The minimum atomic E-state index is -2.38. The summed E-state index contributed by atoms with van der Waals surface area (Å²) >= 11 is 0. The van der Waals surface area contributed by atoms with Crippen LogP contribution in [0.5, 0.6) is 5.75 Å². The molecule has 3 atom stereocenters. The summed E-state index contributed by atoms with van der Waals surface area (Å²) in [5.41, 5.74) is 1.04. The van der Waals surface area contributed by atoms with Crippen LogP contribution in [0.3, 0.4) is 0 Å². The molecule has 2 saturated heterocycles. The third kappa shape index (κ3) is 9.32. The van der Waals surface area contributed by atoms with Crippen LogP contribution in [0.4, 0.5) is 8.78 Å². The lowest BCUT2D eigenvalue weighted by atomic mass is 9.90. The molecule has 3 aliphatic rings. The van der Waals surface area contributed by atoms with Crippen molar-refractivity contribution in [3.8, 4) is 5.75 Å². The van der Waals surface area contributed by atoms with Crippen LogP contribution >= 0.6 is 0 Å². The van der Waals surface area contributed by atoms with Gasteiger partial charge in [0.25, 0.3) is 5.92 Å². The lowest BCUT2D eigenvalue weighted by molar-refractivity contribution is -0.119. The summed E-state index contributed by atoms with van der Waals surface area (Å²) in [6, 6.07) is 7.90. The first-order chi connectivity index (χ1) is 17.6. The Bertz CT molecular complexity index is 861. The van der Waals surface area contributed by atoms with E-state index in [0.717, 1.165) is 61.5 Å². The van der Waals surface area contributed by atoms with Crippen molar-refractivity contribution in [2.75, 3.05) is 46.9 Å². The summed E-state index contributed by atoms with van der Waals surface area (Å²) in [5, 5.41) is 3.31. The zero-order valence-corrected chi connectivity index (χ0v) is 23.3. The molecule has 1 N–H and O–H groups in total. The highest BCUT2D eigenvalue weighted by Gasteiger charge is 2.43. The van der Waals surface area contributed by atoms with Crippen LogP contribution in [-0.4, -0.2) is 80.9 Å². The predicted octanol–water partition coefficient (Wildman–Crippen LogP) is 4.73. The maximum atomic E-state index is 11.7. The van der Waals surface area contributed by atoms with Crippen molar-refractivity contribution in [1.29, 1.82) is 0 Å². The number of likely N-dealkylation sites (tertiary alicyclic amines) is 2. The van der Waals surface area contributed by atoms with E-state index in [4.69, 9.17) is 9.73 Å². The van der Waals surface area contributed by atoms with E-state index >= 15 is 0 Å². The summed E-state index contributed by atoms with van der Waals surface area (Å²) in [4.78, 5) is 19.5. The Morgan fingerprint density at radius 3 is 2.35 bits per heavy atom. The first kappa shape index (κ1) is 29.5. The number of piperidine rings is 1. The van der Waals surface area contributed by atoms with E-state index in [0.29, 0.717) is 12.3 Å². The fraction of sp³-hybridized carbons (Fsp3) is 0.724. The molecule has 1 unspecified atom stereocenters. The van der Waals surface area contributed by atoms with E-state index in [1.54, 1.807) is 11.9 Å². The van der Waals surface area contributed by atoms with Crippen molar-refractivity contribution in [2.45, 2.75) is 65.0 Å². The van der Waals surface area contributed by atoms with E-state index in [1.807, 2.05) is 31.3 Å². The number of hydrogen-bond donors (Lipinski definition) is 1. The van der Waals surface area contributed by atoms with Gasteiger partial charge in [0.05, 0.1) is 25.5 Å². The van der Waals surface area contributed by atoms with E-state index < -0.39 is 5.92 Å². The second kappa shape index (κ2) is 13.7. The Kier molecular flexibility index (Phi) is 10.9. The lowest BCUT2D eigenvalue weighted by Crippen LogP contribution is -2.53. The smallest absolute Gasteiger partial charge is 0.272 e. The molecule has 0 amide bonds. The van der Waals surface area contributed by atoms with E-state index in [9.17, 15) is 13.6 Å². The third-order valence-electron chi connectivity index (χ3n) is 7.84. The molecule has 1 saturated carbocycles. The van der Waals surface area contributed by atoms with Crippen LogP contribution in [-0.2, 0) is 11.2 Å². The summed E-state index contributed by atoms with van der Waals surface area (Å²) < 4.78 is 29.4. The van der Waals surface area contributed by atoms with Gasteiger partial charge in [-0.2, -0.15) is 0 Å². The maximum Gasteiger partial charge on any atom is 0.272 e. The molecule has 4 rings (SSSR count). The zero-order chi connectivity index (χ0) is 27.0. The summed E-state index contributed by atoms with van der Waals surface area (Å²) in [7, 11) is 3.67. The van der Waals surface area contributed by atoms with E-state index in [2.05, 4.69) is 31.0 Å². The van der Waals surface area contributed by atoms with E-state index in [1.165, 1.54) is 25.1 Å². The van der Waals surface area contributed by atoms with Crippen molar-refractivity contribution in [3.05, 3.63) is 29.8 Å². The lowest BCUT2D eigenvalue weighted by Gasteiger charge is -2.35. The van der Waals surface area contributed by atoms with Gasteiger partial charge in [-0.1, -0.05) is 26.0 Å². The predicted molar refractivity (Wildman–Crippen MR) is 145 cm³/mol. The number of aldehydes is 1. The number of halogens is 2. The molecule has 3 fully saturated rings. The van der Waals surface area contributed by atoms with Gasteiger partial charge in [-0.05, 0) is 88.1 Å². The molecule has 1 aromatic rings. The van der Waals surface area contributed by atoms with Gasteiger partial charge in [0.2, 0.25) is 0 Å². The number of amidine groups is 1. The number of nitrogens with one attached hydrogen (secondary N) is 1. The molecule has 0 aromatic heterocycles. The SMILES string of the molecule is CN1CC(F)(F)C1.CNC(/N=C(\C)N1CCC([C@H]2C[C@H]2CCOc2ccc(CC=O)cc2)CC1)C(C)C.